The third-order valence-electron chi connectivity index (χ3n) is 5.74. The van der Waals surface area contributed by atoms with Gasteiger partial charge < -0.3 is 0 Å². The molecule has 1 N–H and O–H groups in total. The first-order valence-electron chi connectivity index (χ1n) is 7.17. The van der Waals surface area contributed by atoms with E-state index in [9.17, 15) is 8.42 Å². The Morgan fingerprint density at radius 1 is 1.22 bits per heavy atom. The van der Waals surface area contributed by atoms with Crippen molar-refractivity contribution in [2.45, 2.75) is 52.9 Å². The second-order valence-corrected chi connectivity index (χ2v) is 8.57. The lowest BCUT2D eigenvalue weighted by Gasteiger charge is -2.62. The Hall–Kier alpha value is -0.0900. The lowest BCUT2D eigenvalue weighted by atomic mass is 9.43. The Morgan fingerprint density at radius 2 is 1.89 bits per heavy atom. The Labute approximate surface area is 111 Å². The molecule has 3 fully saturated rings. The monoisotopic (exact) mass is 274 g/mol. The van der Waals surface area contributed by atoms with Crippen molar-refractivity contribution in [1.29, 1.82) is 0 Å². The molecule has 0 heterocycles. The van der Waals surface area contributed by atoms with E-state index in [0.717, 1.165) is 36.5 Å². The van der Waals surface area contributed by atoms with Crippen LogP contribution in [0.5, 0.6) is 0 Å². The minimum Gasteiger partial charge on any atom is -0.286 e. The minimum atomic E-state index is -3.76. The van der Waals surface area contributed by atoms with E-state index in [0.29, 0.717) is 11.8 Å². The summed E-state index contributed by atoms with van der Waals surface area (Å²) in [7, 11) is -3.76. The van der Waals surface area contributed by atoms with Crippen LogP contribution in [0.2, 0.25) is 0 Å². The molecule has 3 saturated carbocycles. The van der Waals surface area contributed by atoms with E-state index >= 15 is 0 Å². The Bertz CT molecular complexity index is 399. The summed E-state index contributed by atoms with van der Waals surface area (Å²) in [4.78, 5) is 0. The summed E-state index contributed by atoms with van der Waals surface area (Å²) in [6.07, 6.45) is 5.36. The van der Waals surface area contributed by atoms with E-state index in [4.69, 9.17) is 4.55 Å². The molecule has 0 saturated heterocycles. The number of rotatable bonds is 5. The van der Waals surface area contributed by atoms with Crippen molar-refractivity contribution in [3.8, 4) is 0 Å². The molecule has 2 bridgehead atoms. The van der Waals surface area contributed by atoms with Crippen molar-refractivity contribution < 1.29 is 13.0 Å². The van der Waals surface area contributed by atoms with Gasteiger partial charge in [-0.1, -0.05) is 33.6 Å². The highest BCUT2D eigenvalue weighted by molar-refractivity contribution is 7.85. The molecular formula is C14H26O3S. The first-order chi connectivity index (χ1) is 8.22. The van der Waals surface area contributed by atoms with Crippen LogP contribution in [0.25, 0.3) is 0 Å². The highest BCUT2D eigenvalue weighted by Gasteiger charge is 2.55. The van der Waals surface area contributed by atoms with Crippen molar-refractivity contribution >= 4 is 10.1 Å². The van der Waals surface area contributed by atoms with Gasteiger partial charge in [0.25, 0.3) is 10.1 Å². The number of fused-ring (bicyclic) bond motifs is 2. The zero-order valence-electron chi connectivity index (χ0n) is 11.7. The molecule has 0 amide bonds. The van der Waals surface area contributed by atoms with Gasteiger partial charge in [-0.25, -0.2) is 0 Å². The van der Waals surface area contributed by atoms with Gasteiger partial charge in [-0.3, -0.25) is 4.55 Å². The molecule has 3 aliphatic rings. The normalized spacial score (nSPS) is 38.2. The van der Waals surface area contributed by atoms with Crippen molar-refractivity contribution in [3.05, 3.63) is 0 Å². The Kier molecular flexibility index (Phi) is 3.81. The Morgan fingerprint density at radius 3 is 2.39 bits per heavy atom. The largest absolute Gasteiger partial charge is 0.286 e. The summed E-state index contributed by atoms with van der Waals surface area (Å²) in [5.41, 5.74) is 0.532. The van der Waals surface area contributed by atoms with E-state index in [-0.39, 0.29) is 5.75 Å². The van der Waals surface area contributed by atoms with Gasteiger partial charge in [0, 0.05) is 0 Å². The fourth-order valence-electron chi connectivity index (χ4n) is 4.33. The van der Waals surface area contributed by atoms with Crippen LogP contribution < -0.4 is 0 Å². The second-order valence-electron chi connectivity index (χ2n) is 7.00. The van der Waals surface area contributed by atoms with Crippen molar-refractivity contribution in [3.63, 3.8) is 0 Å². The van der Waals surface area contributed by atoms with Crippen molar-refractivity contribution in [2.24, 2.45) is 29.1 Å². The molecular weight excluding hydrogens is 248 g/mol. The third-order valence-corrected chi connectivity index (χ3v) is 6.54. The van der Waals surface area contributed by atoms with Gasteiger partial charge in [0.05, 0.1) is 5.75 Å². The Balaban J connectivity index is 1.76. The van der Waals surface area contributed by atoms with E-state index in [1.165, 1.54) is 12.8 Å². The SMILES string of the molecule is C[C@H]1[C@H](CCCCS(=O)(=O)O)C[C@H]2C[C@@H]1C2(C)C. The molecule has 3 rings (SSSR count). The van der Waals surface area contributed by atoms with Gasteiger partial charge in [0.1, 0.15) is 0 Å². The van der Waals surface area contributed by atoms with Crippen molar-refractivity contribution in [1.82, 2.24) is 0 Å². The molecule has 18 heavy (non-hydrogen) atoms. The molecule has 4 heteroatoms. The van der Waals surface area contributed by atoms with Gasteiger partial charge in [0.2, 0.25) is 0 Å². The summed E-state index contributed by atoms with van der Waals surface area (Å²) >= 11 is 0. The van der Waals surface area contributed by atoms with Crippen LogP contribution in [0, 0.1) is 29.1 Å². The van der Waals surface area contributed by atoms with Crippen LogP contribution in [-0.4, -0.2) is 18.7 Å². The second kappa shape index (κ2) is 4.78. The van der Waals surface area contributed by atoms with Crippen LogP contribution in [0.4, 0.5) is 0 Å². The molecule has 0 radical (unpaired) electrons. The van der Waals surface area contributed by atoms with Gasteiger partial charge >= 0.3 is 0 Å². The fraction of sp³-hybridized carbons (Fsp3) is 1.00. The molecule has 106 valence electrons. The smallest absolute Gasteiger partial charge is 0.264 e. The lowest BCUT2D eigenvalue weighted by Crippen LogP contribution is -2.54. The molecule has 0 aromatic carbocycles. The van der Waals surface area contributed by atoms with E-state index < -0.39 is 10.1 Å². The number of hydrogen-bond acceptors (Lipinski definition) is 2. The first kappa shape index (κ1) is 14.3. The first-order valence-corrected chi connectivity index (χ1v) is 8.78. The minimum absolute atomic E-state index is 0.0769. The predicted molar refractivity (Wildman–Crippen MR) is 72.9 cm³/mol. The molecule has 0 aliphatic heterocycles. The fourth-order valence-corrected chi connectivity index (χ4v) is 4.90. The van der Waals surface area contributed by atoms with Gasteiger partial charge in [0.15, 0.2) is 0 Å². The summed E-state index contributed by atoms with van der Waals surface area (Å²) in [6, 6.07) is 0. The van der Waals surface area contributed by atoms with Crippen LogP contribution in [0.1, 0.15) is 52.9 Å². The highest BCUT2D eigenvalue weighted by atomic mass is 32.2. The predicted octanol–water partition coefficient (Wildman–Crippen LogP) is 3.36. The maximum absolute atomic E-state index is 10.6. The molecule has 0 aromatic heterocycles. The third kappa shape index (κ3) is 2.74. The van der Waals surface area contributed by atoms with Crippen LogP contribution in [0.15, 0.2) is 0 Å². The molecule has 0 unspecified atom stereocenters. The summed E-state index contributed by atoms with van der Waals surface area (Å²) in [5.74, 6) is 3.21. The van der Waals surface area contributed by atoms with Crippen molar-refractivity contribution in [2.75, 3.05) is 5.75 Å². The van der Waals surface area contributed by atoms with Gasteiger partial charge in [-0.15, -0.1) is 0 Å². The summed E-state index contributed by atoms with van der Waals surface area (Å²) in [5, 5.41) is 0. The van der Waals surface area contributed by atoms with E-state index in [1.54, 1.807) is 0 Å². The lowest BCUT2D eigenvalue weighted by molar-refractivity contribution is -0.130. The molecule has 0 spiro atoms. The van der Waals surface area contributed by atoms with Crippen LogP contribution in [0.3, 0.4) is 0 Å². The quantitative estimate of drug-likeness (QED) is 0.618. The molecule has 0 aromatic rings. The highest BCUT2D eigenvalue weighted by Crippen LogP contribution is 2.63. The molecule has 4 atom stereocenters. The zero-order valence-corrected chi connectivity index (χ0v) is 12.5. The maximum atomic E-state index is 10.6. The van der Waals surface area contributed by atoms with Crippen LogP contribution >= 0.6 is 0 Å². The number of unbranched alkanes of at least 4 members (excludes halogenated alkanes) is 1. The summed E-state index contributed by atoms with van der Waals surface area (Å²) < 4.78 is 30.0. The average molecular weight is 274 g/mol. The van der Waals surface area contributed by atoms with Gasteiger partial charge in [-0.05, 0) is 48.3 Å². The standard InChI is InChI=1S/C14H26O3S/c1-10-11(6-4-5-7-18(15,16)17)8-12-9-13(10)14(12,2)3/h10-13H,4-9H2,1-3H3,(H,15,16,17)/t10-,11+,12-,13-/m0/s1. The average Bonchev–Trinajstić information content (AvgIpc) is 2.24. The number of hydrogen-bond donors (Lipinski definition) is 1. The summed E-state index contributed by atoms with van der Waals surface area (Å²) in [6.45, 7) is 7.17. The molecule has 3 aliphatic carbocycles. The molecule has 3 nitrogen and oxygen atoms in total. The van der Waals surface area contributed by atoms with Gasteiger partial charge in [-0.2, -0.15) is 8.42 Å². The zero-order chi connectivity index (χ0) is 13.6. The van der Waals surface area contributed by atoms with Crippen LogP contribution in [-0.2, 0) is 10.1 Å². The topological polar surface area (TPSA) is 54.4 Å². The maximum Gasteiger partial charge on any atom is 0.264 e. The van der Waals surface area contributed by atoms with E-state index in [2.05, 4.69) is 20.8 Å². The van der Waals surface area contributed by atoms with E-state index in [1.807, 2.05) is 0 Å².